The van der Waals surface area contributed by atoms with E-state index in [1.165, 1.54) is 11.1 Å². The van der Waals surface area contributed by atoms with Crippen LogP contribution in [0.2, 0.25) is 0 Å². The van der Waals surface area contributed by atoms with E-state index in [1.807, 2.05) is 43.0 Å². The number of ether oxygens (including phenoxy) is 2. The Morgan fingerprint density at radius 3 is 2.68 bits per heavy atom. The number of hydrogen-bond donors (Lipinski definition) is 0. The lowest BCUT2D eigenvalue weighted by Crippen LogP contribution is -2.48. The third-order valence-electron chi connectivity index (χ3n) is 5.81. The molecule has 2 aromatic heterocycles. The van der Waals surface area contributed by atoms with E-state index < -0.39 is 0 Å². The summed E-state index contributed by atoms with van der Waals surface area (Å²) in [5, 5.41) is 2.06. The van der Waals surface area contributed by atoms with Gasteiger partial charge in [0, 0.05) is 18.0 Å². The first kappa shape index (κ1) is 23.9. The maximum Gasteiger partial charge on any atom is 0.290 e. The second kappa shape index (κ2) is 10.8. The van der Waals surface area contributed by atoms with Crippen molar-refractivity contribution in [1.29, 1.82) is 0 Å². The number of nitrogens with zero attached hydrogens (tertiary/aromatic N) is 2. The summed E-state index contributed by atoms with van der Waals surface area (Å²) in [4.78, 5) is 31.3. The second-order valence-electron chi connectivity index (χ2n) is 8.67. The fraction of sp³-hybridized carbons (Fsp3) is 0.385. The molecule has 7 nitrogen and oxygen atoms in total. The largest absolute Gasteiger partial charge is 0.493 e. The van der Waals surface area contributed by atoms with Crippen molar-refractivity contribution in [2.75, 3.05) is 33.4 Å². The number of carbonyl (C=O) groups excluding carboxylic acids is 2. The van der Waals surface area contributed by atoms with E-state index in [0.29, 0.717) is 31.2 Å². The van der Waals surface area contributed by atoms with E-state index in [0.717, 1.165) is 12.0 Å². The monoisotopic (exact) mass is 482 g/mol. The third-order valence-corrected chi connectivity index (χ3v) is 6.81. The minimum absolute atomic E-state index is 0.0116. The molecule has 2 amide bonds. The normalized spacial score (nSPS) is 15.2. The number of fused-ring (bicyclic) bond motifs is 1. The Hall–Kier alpha value is -3.26. The molecule has 3 aromatic rings. The molecule has 1 atom stereocenters. The molecule has 0 unspecified atom stereocenters. The van der Waals surface area contributed by atoms with Crippen molar-refractivity contribution in [3.63, 3.8) is 0 Å². The van der Waals surface area contributed by atoms with Gasteiger partial charge in [-0.05, 0) is 53.6 Å². The van der Waals surface area contributed by atoms with Gasteiger partial charge in [0.05, 0.1) is 19.4 Å². The zero-order valence-corrected chi connectivity index (χ0v) is 20.5. The molecule has 4 rings (SSSR count). The summed E-state index contributed by atoms with van der Waals surface area (Å²) in [5.41, 5.74) is 1.10. The molecule has 0 spiro atoms. The zero-order chi connectivity index (χ0) is 24.1. The summed E-state index contributed by atoms with van der Waals surface area (Å²) < 4.78 is 16.9. The number of methoxy groups -OCH3 is 1. The Morgan fingerprint density at radius 1 is 1.18 bits per heavy atom. The first-order chi connectivity index (χ1) is 16.5. The van der Waals surface area contributed by atoms with Crippen molar-refractivity contribution in [2.45, 2.75) is 26.3 Å². The molecule has 0 bridgehead atoms. The highest BCUT2D eigenvalue weighted by Gasteiger charge is 2.34. The fourth-order valence-electron chi connectivity index (χ4n) is 4.25. The first-order valence-corrected chi connectivity index (χ1v) is 12.3. The average Bonchev–Trinajstić information content (AvgIpc) is 3.53. The first-order valence-electron chi connectivity index (χ1n) is 11.4. The van der Waals surface area contributed by atoms with E-state index in [9.17, 15) is 9.59 Å². The van der Waals surface area contributed by atoms with Crippen molar-refractivity contribution >= 4 is 23.2 Å². The van der Waals surface area contributed by atoms with Gasteiger partial charge in [-0.1, -0.05) is 26.0 Å². The van der Waals surface area contributed by atoms with Crippen LogP contribution in [0.1, 0.15) is 40.9 Å². The highest BCUT2D eigenvalue weighted by Crippen LogP contribution is 2.35. The van der Waals surface area contributed by atoms with Crippen LogP contribution in [0.5, 0.6) is 11.5 Å². The van der Waals surface area contributed by atoms with Crippen LogP contribution in [0, 0.1) is 5.92 Å². The van der Waals surface area contributed by atoms with E-state index in [2.05, 4.69) is 11.4 Å². The van der Waals surface area contributed by atoms with Crippen LogP contribution >= 0.6 is 11.3 Å². The molecule has 0 radical (unpaired) electrons. The lowest BCUT2D eigenvalue weighted by Gasteiger charge is -2.37. The predicted molar refractivity (Wildman–Crippen MR) is 130 cm³/mol. The molecule has 34 heavy (non-hydrogen) atoms. The molecule has 0 saturated heterocycles. The smallest absolute Gasteiger partial charge is 0.290 e. The summed E-state index contributed by atoms with van der Waals surface area (Å²) in [6, 6.07) is 12.6. The Kier molecular flexibility index (Phi) is 7.57. The topological polar surface area (TPSA) is 72.2 Å². The molecule has 0 aliphatic carbocycles. The van der Waals surface area contributed by atoms with Crippen LogP contribution in [0.4, 0.5) is 0 Å². The quantitative estimate of drug-likeness (QED) is 0.444. The fourth-order valence-corrected chi connectivity index (χ4v) is 5.18. The molecule has 1 aromatic carbocycles. The predicted octanol–water partition coefficient (Wildman–Crippen LogP) is 4.65. The summed E-state index contributed by atoms with van der Waals surface area (Å²) in [6.45, 7) is 5.38. The maximum absolute atomic E-state index is 13.6. The van der Waals surface area contributed by atoms with Crippen LogP contribution < -0.4 is 9.47 Å². The van der Waals surface area contributed by atoms with Crippen molar-refractivity contribution < 1.29 is 23.5 Å². The van der Waals surface area contributed by atoms with Gasteiger partial charge in [0.25, 0.3) is 5.91 Å². The van der Waals surface area contributed by atoms with E-state index in [1.54, 1.807) is 35.5 Å². The third kappa shape index (κ3) is 5.28. The molecule has 1 aliphatic heterocycles. The number of benzene rings is 1. The molecule has 0 saturated carbocycles. The zero-order valence-electron chi connectivity index (χ0n) is 19.7. The van der Waals surface area contributed by atoms with Gasteiger partial charge in [-0.3, -0.25) is 9.59 Å². The van der Waals surface area contributed by atoms with Crippen molar-refractivity contribution in [3.8, 4) is 11.5 Å². The van der Waals surface area contributed by atoms with Gasteiger partial charge in [0.1, 0.15) is 13.2 Å². The van der Waals surface area contributed by atoms with Crippen molar-refractivity contribution in [3.05, 3.63) is 70.3 Å². The number of thiophene rings is 1. The van der Waals surface area contributed by atoms with E-state index in [4.69, 9.17) is 13.9 Å². The molecule has 0 N–H and O–H groups in total. The average molecular weight is 483 g/mol. The number of carbonyl (C=O) groups is 2. The number of hydrogen-bond acceptors (Lipinski definition) is 6. The maximum atomic E-state index is 13.6. The summed E-state index contributed by atoms with van der Waals surface area (Å²) in [7, 11) is 1.61. The number of amides is 2. The summed E-state index contributed by atoms with van der Waals surface area (Å²) >= 11 is 1.70. The molecular formula is C26H30N2O5S. The van der Waals surface area contributed by atoms with Gasteiger partial charge in [0.2, 0.25) is 5.91 Å². The molecule has 1 aliphatic rings. The standard InChI is InChI=1S/C26H30N2O5S/c1-18(2)15-27(26(30)23-9-6-13-32-23)16-25(29)28-12-10-24-19(11-14-34-24)20(28)17-33-22-8-5-4-7-21(22)31-3/h4-9,11,13-14,18,20H,10,12,15-17H2,1-3H3/t20-/m1/s1. The number of rotatable bonds is 9. The van der Waals surface area contributed by atoms with E-state index in [-0.39, 0.29) is 36.1 Å². The molecule has 8 heteroatoms. The van der Waals surface area contributed by atoms with Crippen LogP contribution in [0.15, 0.2) is 58.5 Å². The SMILES string of the molecule is COc1ccccc1OC[C@@H]1c2ccsc2CCN1C(=O)CN(CC(C)C)C(=O)c1ccco1. The van der Waals surface area contributed by atoms with Gasteiger partial charge in [-0.25, -0.2) is 0 Å². The van der Waals surface area contributed by atoms with Gasteiger partial charge in [-0.2, -0.15) is 0 Å². The lowest BCUT2D eigenvalue weighted by atomic mass is 10.00. The number of para-hydroxylation sites is 2. The van der Waals surface area contributed by atoms with Crippen LogP contribution in [0.25, 0.3) is 0 Å². The minimum Gasteiger partial charge on any atom is -0.493 e. The van der Waals surface area contributed by atoms with E-state index >= 15 is 0 Å². The number of furan rings is 1. The Balaban J connectivity index is 1.54. The summed E-state index contributed by atoms with van der Waals surface area (Å²) in [6.07, 6.45) is 2.26. The molecular weight excluding hydrogens is 452 g/mol. The van der Waals surface area contributed by atoms with Gasteiger partial charge >= 0.3 is 0 Å². The second-order valence-corrected chi connectivity index (χ2v) is 9.67. The highest BCUT2D eigenvalue weighted by molar-refractivity contribution is 7.10. The van der Waals surface area contributed by atoms with Gasteiger partial charge in [-0.15, -0.1) is 11.3 Å². The van der Waals surface area contributed by atoms with Crippen molar-refractivity contribution in [1.82, 2.24) is 9.80 Å². The van der Waals surface area contributed by atoms with Crippen LogP contribution in [0.3, 0.4) is 0 Å². The Bertz CT molecular complexity index is 1110. The van der Waals surface area contributed by atoms with Gasteiger partial charge < -0.3 is 23.7 Å². The van der Waals surface area contributed by atoms with Gasteiger partial charge in [0.15, 0.2) is 17.3 Å². The lowest BCUT2D eigenvalue weighted by molar-refractivity contribution is -0.135. The Morgan fingerprint density at radius 2 is 1.97 bits per heavy atom. The minimum atomic E-state index is -0.276. The van der Waals surface area contributed by atoms with Crippen LogP contribution in [-0.4, -0.2) is 55.0 Å². The highest BCUT2D eigenvalue weighted by atomic mass is 32.1. The Labute approximate surface area is 203 Å². The molecule has 0 fully saturated rings. The summed E-state index contributed by atoms with van der Waals surface area (Å²) in [5.74, 6) is 1.35. The van der Waals surface area contributed by atoms with Crippen LogP contribution in [-0.2, 0) is 11.2 Å². The molecule has 180 valence electrons. The van der Waals surface area contributed by atoms with Crippen molar-refractivity contribution in [2.24, 2.45) is 5.92 Å². The molecule has 3 heterocycles.